The smallest absolute Gasteiger partial charge is 0.126 e. The van der Waals surface area contributed by atoms with E-state index in [1.165, 1.54) is 12.1 Å². The van der Waals surface area contributed by atoms with E-state index in [0.717, 1.165) is 17.2 Å². The Balaban J connectivity index is 2.30. The first-order valence-electron chi connectivity index (χ1n) is 6.94. The Hall–Kier alpha value is -1.45. The summed E-state index contributed by atoms with van der Waals surface area (Å²) in [6, 6.07) is 9.25. The predicted octanol–water partition coefficient (Wildman–Crippen LogP) is 4.82. The second kappa shape index (κ2) is 7.01. The Morgan fingerprint density at radius 1 is 1.10 bits per heavy atom. The Kier molecular flexibility index (Phi) is 5.32. The molecule has 2 aromatic rings. The van der Waals surface area contributed by atoms with Crippen LogP contribution in [0, 0.1) is 18.6 Å². The van der Waals surface area contributed by atoms with E-state index in [9.17, 15) is 8.78 Å². The van der Waals surface area contributed by atoms with E-state index in [4.69, 9.17) is 11.6 Å². The zero-order valence-electron chi connectivity index (χ0n) is 12.1. The van der Waals surface area contributed by atoms with Gasteiger partial charge in [0.2, 0.25) is 0 Å². The molecule has 0 fully saturated rings. The van der Waals surface area contributed by atoms with E-state index in [1.807, 2.05) is 32.0 Å². The summed E-state index contributed by atoms with van der Waals surface area (Å²) in [6.07, 6.45) is 0.579. The molecule has 4 heteroatoms. The van der Waals surface area contributed by atoms with Gasteiger partial charge < -0.3 is 5.32 Å². The van der Waals surface area contributed by atoms with Crippen LogP contribution in [0.5, 0.6) is 0 Å². The maximum absolute atomic E-state index is 13.4. The fraction of sp³-hybridized carbons (Fsp3) is 0.294. The molecule has 1 atom stereocenters. The maximum atomic E-state index is 13.4. The van der Waals surface area contributed by atoms with Crippen molar-refractivity contribution in [2.75, 3.05) is 6.54 Å². The topological polar surface area (TPSA) is 12.0 Å². The second-order valence-electron chi connectivity index (χ2n) is 5.11. The molecular formula is C17H18ClF2N. The van der Waals surface area contributed by atoms with Gasteiger partial charge in [-0.3, -0.25) is 0 Å². The third-order valence-electron chi connectivity index (χ3n) is 3.37. The first kappa shape index (κ1) is 15.9. The molecule has 0 heterocycles. The van der Waals surface area contributed by atoms with Crippen molar-refractivity contribution in [2.24, 2.45) is 0 Å². The average molecular weight is 310 g/mol. The van der Waals surface area contributed by atoms with Gasteiger partial charge in [0.1, 0.15) is 11.6 Å². The fourth-order valence-electron chi connectivity index (χ4n) is 2.37. The number of halogens is 3. The summed E-state index contributed by atoms with van der Waals surface area (Å²) >= 11 is 6.25. The lowest BCUT2D eigenvalue weighted by atomic mass is 9.98. The molecule has 0 aliphatic rings. The lowest BCUT2D eigenvalue weighted by molar-refractivity contribution is 0.529. The van der Waals surface area contributed by atoms with Crippen LogP contribution in [-0.4, -0.2) is 6.54 Å². The van der Waals surface area contributed by atoms with E-state index >= 15 is 0 Å². The van der Waals surface area contributed by atoms with Gasteiger partial charge in [0, 0.05) is 17.1 Å². The zero-order valence-corrected chi connectivity index (χ0v) is 12.8. The third-order valence-corrected chi connectivity index (χ3v) is 3.72. The van der Waals surface area contributed by atoms with Crippen LogP contribution < -0.4 is 5.32 Å². The van der Waals surface area contributed by atoms with Crippen LogP contribution in [0.1, 0.15) is 29.7 Å². The average Bonchev–Trinajstić information content (AvgIpc) is 2.40. The lowest BCUT2D eigenvalue weighted by Gasteiger charge is -2.19. The number of benzene rings is 2. The largest absolute Gasteiger partial charge is 0.310 e. The Bertz CT molecular complexity index is 608. The van der Waals surface area contributed by atoms with Gasteiger partial charge in [-0.2, -0.15) is 0 Å². The van der Waals surface area contributed by atoms with Crippen LogP contribution in [0.25, 0.3) is 0 Å². The van der Waals surface area contributed by atoms with Crippen molar-refractivity contribution < 1.29 is 8.78 Å². The highest BCUT2D eigenvalue weighted by molar-refractivity contribution is 6.31. The molecular weight excluding hydrogens is 292 g/mol. The van der Waals surface area contributed by atoms with Crippen molar-refractivity contribution in [1.82, 2.24) is 5.32 Å². The molecule has 1 nitrogen and oxygen atoms in total. The number of rotatable bonds is 5. The summed E-state index contributed by atoms with van der Waals surface area (Å²) < 4.78 is 26.8. The Labute approximate surface area is 128 Å². The number of nitrogens with one attached hydrogen (secondary N) is 1. The summed E-state index contributed by atoms with van der Waals surface area (Å²) in [5.74, 6) is -1.13. The minimum Gasteiger partial charge on any atom is -0.310 e. The molecule has 0 radical (unpaired) electrons. The van der Waals surface area contributed by atoms with Crippen LogP contribution in [0.15, 0.2) is 36.4 Å². The Morgan fingerprint density at radius 2 is 1.76 bits per heavy atom. The molecule has 0 bridgehead atoms. The monoisotopic (exact) mass is 309 g/mol. The molecule has 0 aliphatic heterocycles. The van der Waals surface area contributed by atoms with E-state index in [1.54, 1.807) is 0 Å². The summed E-state index contributed by atoms with van der Waals surface area (Å²) in [5.41, 5.74) is 2.63. The first-order chi connectivity index (χ1) is 9.99. The minimum atomic E-state index is -0.567. The van der Waals surface area contributed by atoms with E-state index < -0.39 is 11.6 Å². The number of aryl methyl sites for hydroxylation is 1. The van der Waals surface area contributed by atoms with Gasteiger partial charge >= 0.3 is 0 Å². The molecule has 0 aliphatic carbocycles. The van der Waals surface area contributed by atoms with Gasteiger partial charge in [-0.15, -0.1) is 0 Å². The summed E-state index contributed by atoms with van der Waals surface area (Å²) in [7, 11) is 0. The highest BCUT2D eigenvalue weighted by Gasteiger charge is 2.15. The van der Waals surface area contributed by atoms with Crippen molar-refractivity contribution >= 4 is 11.6 Å². The molecule has 112 valence electrons. The molecule has 1 N–H and O–H groups in total. The lowest BCUT2D eigenvalue weighted by Crippen LogP contribution is -2.23. The highest BCUT2D eigenvalue weighted by atomic mass is 35.5. The SMILES string of the molecule is CCNC(Cc1ccc(C)cc1Cl)c1cc(F)cc(F)c1. The van der Waals surface area contributed by atoms with Crippen molar-refractivity contribution in [3.05, 3.63) is 69.7 Å². The maximum Gasteiger partial charge on any atom is 0.126 e. The number of hydrogen-bond donors (Lipinski definition) is 1. The third kappa shape index (κ3) is 4.26. The number of likely N-dealkylation sites (N-methyl/N-ethyl adjacent to an activating group) is 1. The molecule has 2 aromatic carbocycles. The quantitative estimate of drug-likeness (QED) is 0.835. The molecule has 21 heavy (non-hydrogen) atoms. The van der Waals surface area contributed by atoms with Crippen LogP contribution in [0.4, 0.5) is 8.78 Å². The molecule has 2 rings (SSSR count). The summed E-state index contributed by atoms with van der Waals surface area (Å²) in [6.45, 7) is 4.63. The summed E-state index contributed by atoms with van der Waals surface area (Å²) in [5, 5.41) is 3.93. The van der Waals surface area contributed by atoms with Gasteiger partial charge in [0.05, 0.1) is 0 Å². The molecule has 1 unspecified atom stereocenters. The van der Waals surface area contributed by atoms with Crippen molar-refractivity contribution in [3.63, 3.8) is 0 Å². The van der Waals surface area contributed by atoms with Crippen molar-refractivity contribution in [2.45, 2.75) is 26.3 Å². The molecule has 0 spiro atoms. The van der Waals surface area contributed by atoms with Gasteiger partial charge in [-0.1, -0.05) is 30.7 Å². The predicted molar refractivity (Wildman–Crippen MR) is 82.7 cm³/mol. The fourth-order valence-corrected chi connectivity index (χ4v) is 2.68. The summed E-state index contributed by atoms with van der Waals surface area (Å²) in [4.78, 5) is 0. The zero-order chi connectivity index (χ0) is 15.4. The standard InChI is InChI=1S/C17H18ClF2N/c1-3-21-17(13-7-14(19)10-15(20)8-13)9-12-5-4-11(2)6-16(12)18/h4-8,10,17,21H,3,9H2,1-2H3. The molecule has 0 saturated heterocycles. The molecule has 0 saturated carbocycles. The van der Waals surface area contributed by atoms with E-state index in [2.05, 4.69) is 5.32 Å². The van der Waals surface area contributed by atoms with Gasteiger partial charge in [0.15, 0.2) is 0 Å². The van der Waals surface area contributed by atoms with Crippen molar-refractivity contribution in [1.29, 1.82) is 0 Å². The second-order valence-corrected chi connectivity index (χ2v) is 5.52. The van der Waals surface area contributed by atoms with Crippen molar-refractivity contribution in [3.8, 4) is 0 Å². The minimum absolute atomic E-state index is 0.180. The highest BCUT2D eigenvalue weighted by Crippen LogP contribution is 2.25. The number of hydrogen-bond acceptors (Lipinski definition) is 1. The Morgan fingerprint density at radius 3 is 2.33 bits per heavy atom. The van der Waals surface area contributed by atoms with Gasteiger partial charge in [-0.25, -0.2) is 8.78 Å². The molecule has 0 aromatic heterocycles. The van der Waals surface area contributed by atoms with E-state index in [0.29, 0.717) is 23.6 Å². The van der Waals surface area contributed by atoms with Crippen LogP contribution >= 0.6 is 11.6 Å². The molecule has 0 amide bonds. The van der Waals surface area contributed by atoms with Crippen LogP contribution in [0.2, 0.25) is 5.02 Å². The van der Waals surface area contributed by atoms with E-state index in [-0.39, 0.29) is 6.04 Å². The van der Waals surface area contributed by atoms with Crippen LogP contribution in [0.3, 0.4) is 0 Å². The van der Waals surface area contributed by atoms with Gasteiger partial charge in [-0.05, 0) is 54.8 Å². The van der Waals surface area contributed by atoms with Gasteiger partial charge in [0.25, 0.3) is 0 Å². The first-order valence-corrected chi connectivity index (χ1v) is 7.31. The van der Waals surface area contributed by atoms with Crippen LogP contribution in [-0.2, 0) is 6.42 Å². The normalized spacial score (nSPS) is 12.4.